The summed E-state index contributed by atoms with van der Waals surface area (Å²) in [7, 11) is 1.29. The molecule has 6 heteroatoms. The highest BCUT2D eigenvalue weighted by Gasteiger charge is 2.12. The van der Waals surface area contributed by atoms with Crippen molar-refractivity contribution in [1.29, 1.82) is 0 Å². The average Bonchev–Trinajstić information content (AvgIpc) is 2.77. The van der Waals surface area contributed by atoms with E-state index in [0.717, 1.165) is 5.56 Å². The molecule has 3 rings (SSSR count). The number of nitrogens with one attached hydrogen (secondary N) is 2. The van der Waals surface area contributed by atoms with Crippen molar-refractivity contribution in [1.82, 2.24) is 5.32 Å². The van der Waals surface area contributed by atoms with Crippen LogP contribution in [0.4, 0.5) is 5.69 Å². The van der Waals surface area contributed by atoms with E-state index in [1.807, 2.05) is 30.3 Å². The number of anilines is 1. The fraction of sp³-hybridized carbons (Fsp3) is 0.0870. The number of ether oxygens (including phenoxy) is 1. The van der Waals surface area contributed by atoms with Gasteiger partial charge in [-0.3, -0.25) is 9.59 Å². The van der Waals surface area contributed by atoms with E-state index < -0.39 is 5.97 Å². The Bertz CT molecular complexity index is 1030. The summed E-state index contributed by atoms with van der Waals surface area (Å²) in [5.41, 5.74) is 2.49. The van der Waals surface area contributed by atoms with Crippen LogP contribution in [0.25, 0.3) is 0 Å². The lowest BCUT2D eigenvalue weighted by Gasteiger charge is -2.09. The van der Waals surface area contributed by atoms with Crippen LogP contribution in [0.15, 0.2) is 78.9 Å². The zero-order valence-corrected chi connectivity index (χ0v) is 15.8. The molecule has 29 heavy (non-hydrogen) atoms. The Morgan fingerprint density at radius 1 is 0.759 bits per heavy atom. The van der Waals surface area contributed by atoms with E-state index in [4.69, 9.17) is 0 Å². The summed E-state index contributed by atoms with van der Waals surface area (Å²) in [6, 6.07) is 22.5. The van der Waals surface area contributed by atoms with Gasteiger partial charge in [0.05, 0.1) is 12.7 Å². The molecule has 6 nitrogen and oxygen atoms in total. The molecule has 0 fully saturated rings. The summed E-state index contributed by atoms with van der Waals surface area (Å²) in [6.45, 7) is 0.399. The van der Waals surface area contributed by atoms with Crippen molar-refractivity contribution in [3.05, 3.63) is 101 Å². The minimum atomic E-state index is -0.488. The first-order valence-corrected chi connectivity index (χ1v) is 8.99. The summed E-state index contributed by atoms with van der Waals surface area (Å²) < 4.78 is 4.68. The molecule has 0 saturated carbocycles. The second-order valence-corrected chi connectivity index (χ2v) is 6.28. The van der Waals surface area contributed by atoms with Crippen molar-refractivity contribution < 1.29 is 19.1 Å². The standard InChI is InChI=1S/C23H20N2O4/c1-29-23(28)19-11-6-12-20(14-19)25-22(27)18-10-5-9-17(13-18)21(26)24-15-16-7-3-2-4-8-16/h2-14H,15H2,1H3,(H,24,26)(H,25,27). The van der Waals surface area contributed by atoms with Gasteiger partial charge in [-0.2, -0.15) is 0 Å². The van der Waals surface area contributed by atoms with Gasteiger partial charge in [-0.15, -0.1) is 0 Å². The minimum absolute atomic E-state index is 0.267. The van der Waals surface area contributed by atoms with Gasteiger partial charge < -0.3 is 15.4 Å². The number of carbonyl (C=O) groups is 3. The van der Waals surface area contributed by atoms with Crippen LogP contribution in [-0.2, 0) is 11.3 Å². The second kappa shape index (κ2) is 9.32. The molecular weight excluding hydrogens is 368 g/mol. The first-order valence-electron chi connectivity index (χ1n) is 8.99. The van der Waals surface area contributed by atoms with E-state index in [0.29, 0.717) is 28.9 Å². The zero-order chi connectivity index (χ0) is 20.6. The number of rotatable bonds is 6. The highest BCUT2D eigenvalue weighted by atomic mass is 16.5. The maximum absolute atomic E-state index is 12.6. The molecule has 0 saturated heterocycles. The van der Waals surface area contributed by atoms with Gasteiger partial charge >= 0.3 is 5.97 Å². The maximum Gasteiger partial charge on any atom is 0.337 e. The third-order valence-electron chi connectivity index (χ3n) is 4.22. The number of amides is 2. The molecule has 0 aliphatic rings. The molecule has 0 unspecified atom stereocenters. The lowest BCUT2D eigenvalue weighted by atomic mass is 10.1. The highest BCUT2D eigenvalue weighted by molar-refractivity contribution is 6.06. The van der Waals surface area contributed by atoms with Gasteiger partial charge in [0, 0.05) is 23.4 Å². The number of carbonyl (C=O) groups excluding carboxylic acids is 3. The quantitative estimate of drug-likeness (QED) is 0.631. The van der Waals surface area contributed by atoms with Crippen molar-refractivity contribution in [2.45, 2.75) is 6.54 Å². The van der Waals surface area contributed by atoms with Gasteiger partial charge in [0.1, 0.15) is 0 Å². The Morgan fingerprint density at radius 2 is 1.41 bits per heavy atom. The van der Waals surface area contributed by atoms with Crippen LogP contribution in [0.1, 0.15) is 36.6 Å². The third kappa shape index (κ3) is 5.29. The van der Waals surface area contributed by atoms with Crippen molar-refractivity contribution in [3.8, 4) is 0 Å². The number of methoxy groups -OCH3 is 1. The molecule has 0 spiro atoms. The van der Waals surface area contributed by atoms with Crippen LogP contribution >= 0.6 is 0 Å². The number of hydrogen-bond acceptors (Lipinski definition) is 4. The summed E-state index contributed by atoms with van der Waals surface area (Å²) in [6.07, 6.45) is 0. The van der Waals surface area contributed by atoms with Crippen molar-refractivity contribution in [2.75, 3.05) is 12.4 Å². The van der Waals surface area contributed by atoms with Crippen molar-refractivity contribution in [3.63, 3.8) is 0 Å². The van der Waals surface area contributed by atoms with Crippen LogP contribution in [0, 0.1) is 0 Å². The molecule has 0 aliphatic carbocycles. The predicted octanol–water partition coefficient (Wildman–Crippen LogP) is 3.66. The predicted molar refractivity (Wildman–Crippen MR) is 110 cm³/mol. The maximum atomic E-state index is 12.6. The van der Waals surface area contributed by atoms with Crippen molar-refractivity contribution >= 4 is 23.5 Å². The first kappa shape index (κ1) is 19.8. The third-order valence-corrected chi connectivity index (χ3v) is 4.22. The Kier molecular flexibility index (Phi) is 6.37. The molecule has 146 valence electrons. The minimum Gasteiger partial charge on any atom is -0.465 e. The van der Waals surface area contributed by atoms with Crippen LogP contribution in [0.5, 0.6) is 0 Å². The van der Waals surface area contributed by atoms with Crippen molar-refractivity contribution in [2.24, 2.45) is 0 Å². The molecular formula is C23H20N2O4. The summed E-state index contributed by atoms with van der Waals surface area (Å²) in [4.78, 5) is 36.6. The average molecular weight is 388 g/mol. The Morgan fingerprint density at radius 3 is 2.14 bits per heavy atom. The topological polar surface area (TPSA) is 84.5 Å². The van der Waals surface area contributed by atoms with Gasteiger partial charge in [0.2, 0.25) is 0 Å². The van der Waals surface area contributed by atoms with E-state index in [1.54, 1.807) is 36.4 Å². The second-order valence-electron chi connectivity index (χ2n) is 6.28. The van der Waals surface area contributed by atoms with E-state index in [1.165, 1.54) is 19.2 Å². The van der Waals surface area contributed by atoms with E-state index >= 15 is 0 Å². The van der Waals surface area contributed by atoms with Crippen LogP contribution < -0.4 is 10.6 Å². The van der Waals surface area contributed by atoms with Gasteiger partial charge in [-0.1, -0.05) is 42.5 Å². The number of esters is 1. The molecule has 0 aromatic heterocycles. The van der Waals surface area contributed by atoms with Gasteiger partial charge in [-0.05, 0) is 42.0 Å². The fourth-order valence-corrected chi connectivity index (χ4v) is 2.73. The van der Waals surface area contributed by atoms with Crippen LogP contribution in [0.3, 0.4) is 0 Å². The molecule has 3 aromatic rings. The molecule has 0 aliphatic heterocycles. The highest BCUT2D eigenvalue weighted by Crippen LogP contribution is 2.14. The van der Waals surface area contributed by atoms with Gasteiger partial charge in [-0.25, -0.2) is 4.79 Å². The molecule has 0 radical (unpaired) electrons. The van der Waals surface area contributed by atoms with Gasteiger partial charge in [0.25, 0.3) is 11.8 Å². The summed E-state index contributed by atoms with van der Waals surface area (Å²) >= 11 is 0. The number of hydrogen-bond donors (Lipinski definition) is 2. The van der Waals surface area contributed by atoms with E-state index in [-0.39, 0.29) is 11.8 Å². The Balaban J connectivity index is 1.67. The normalized spacial score (nSPS) is 10.1. The lowest BCUT2D eigenvalue weighted by Crippen LogP contribution is -2.23. The molecule has 0 atom stereocenters. The SMILES string of the molecule is COC(=O)c1cccc(NC(=O)c2cccc(C(=O)NCc3ccccc3)c2)c1. The molecule has 2 amide bonds. The van der Waals surface area contributed by atoms with Crippen LogP contribution in [-0.4, -0.2) is 24.9 Å². The lowest BCUT2D eigenvalue weighted by molar-refractivity contribution is 0.0600. The fourth-order valence-electron chi connectivity index (χ4n) is 2.73. The summed E-state index contributed by atoms with van der Waals surface area (Å²) in [5, 5.41) is 5.56. The Hall–Kier alpha value is -3.93. The van der Waals surface area contributed by atoms with E-state index in [9.17, 15) is 14.4 Å². The smallest absolute Gasteiger partial charge is 0.337 e. The molecule has 2 N–H and O–H groups in total. The summed E-state index contributed by atoms with van der Waals surface area (Å²) in [5.74, 6) is -1.14. The molecule has 3 aromatic carbocycles. The Labute approximate surface area is 168 Å². The zero-order valence-electron chi connectivity index (χ0n) is 15.8. The monoisotopic (exact) mass is 388 g/mol. The van der Waals surface area contributed by atoms with Crippen LogP contribution in [0.2, 0.25) is 0 Å². The van der Waals surface area contributed by atoms with Gasteiger partial charge in [0.15, 0.2) is 0 Å². The first-order chi connectivity index (χ1) is 14.1. The molecule has 0 bridgehead atoms. The molecule has 0 heterocycles. The largest absolute Gasteiger partial charge is 0.465 e. The number of benzene rings is 3. The van der Waals surface area contributed by atoms with E-state index in [2.05, 4.69) is 15.4 Å².